The minimum atomic E-state index is -1.62. The third-order valence-corrected chi connectivity index (χ3v) is 14.4. The predicted octanol–water partition coefficient (Wildman–Crippen LogP) is 18.8. The van der Waals surface area contributed by atoms with Crippen LogP contribution in [-0.4, -0.2) is 82.3 Å². The fraction of sp³-hybridized carbons (Fsp3) is 0.786. The van der Waals surface area contributed by atoms with Crippen molar-refractivity contribution >= 4 is 17.9 Å². The van der Waals surface area contributed by atoms with E-state index in [2.05, 4.69) is 86.8 Å². The van der Waals surface area contributed by atoms with E-state index in [1.807, 2.05) is 21.1 Å². The summed E-state index contributed by atoms with van der Waals surface area (Å²) in [5, 5.41) is 11.8. The number of nitrogens with zero attached hydrogens (tertiary/aromatic N) is 1. The summed E-state index contributed by atoms with van der Waals surface area (Å²) in [4.78, 5) is 37.4. The van der Waals surface area contributed by atoms with Gasteiger partial charge < -0.3 is 33.3 Å². The minimum Gasteiger partial charge on any atom is -0.545 e. The van der Waals surface area contributed by atoms with E-state index in [0.717, 1.165) is 64.2 Å². The second-order valence-electron chi connectivity index (χ2n) is 23.4. The van der Waals surface area contributed by atoms with Crippen molar-refractivity contribution in [3.05, 3.63) is 72.9 Å². The molecule has 0 fully saturated rings. The lowest BCUT2D eigenvalue weighted by molar-refractivity contribution is -0.870. The van der Waals surface area contributed by atoms with Crippen LogP contribution in [0, 0.1) is 0 Å². The lowest BCUT2D eigenvalue weighted by atomic mass is 10.0. The Morgan fingerprint density at radius 3 is 1.09 bits per heavy atom. The summed E-state index contributed by atoms with van der Waals surface area (Å²) >= 11 is 0. The van der Waals surface area contributed by atoms with Gasteiger partial charge in [0.1, 0.15) is 13.2 Å². The van der Waals surface area contributed by atoms with Crippen LogP contribution in [0.3, 0.4) is 0 Å². The van der Waals surface area contributed by atoms with Gasteiger partial charge in [-0.15, -0.1) is 0 Å². The number of likely N-dealkylation sites (N-methyl/N-ethyl adjacent to an activating group) is 1. The van der Waals surface area contributed by atoms with Crippen molar-refractivity contribution in [2.45, 2.75) is 309 Å². The van der Waals surface area contributed by atoms with Crippen LogP contribution >= 0.6 is 0 Å². The molecule has 0 amide bonds. The maximum Gasteiger partial charge on any atom is 0.306 e. The lowest BCUT2D eigenvalue weighted by Crippen LogP contribution is -2.44. The highest BCUT2D eigenvalue weighted by atomic mass is 16.7. The molecule has 0 rings (SSSR count). The summed E-state index contributed by atoms with van der Waals surface area (Å²) in [6.07, 6.45) is 76.8. The average Bonchev–Trinajstić information content (AvgIpc) is 3.42. The molecule has 2 atom stereocenters. The van der Waals surface area contributed by atoms with Crippen LogP contribution in [0.5, 0.6) is 0 Å². The number of aliphatic carboxylic acids is 1. The molecule has 79 heavy (non-hydrogen) atoms. The highest BCUT2D eigenvalue weighted by molar-refractivity contribution is 5.70. The van der Waals surface area contributed by atoms with E-state index in [4.69, 9.17) is 18.9 Å². The summed E-state index contributed by atoms with van der Waals surface area (Å²) in [5.41, 5.74) is 0. The van der Waals surface area contributed by atoms with Gasteiger partial charge in [0.05, 0.1) is 40.3 Å². The number of hydrogen-bond acceptors (Lipinski definition) is 8. The van der Waals surface area contributed by atoms with Crippen molar-refractivity contribution < 1.29 is 42.9 Å². The van der Waals surface area contributed by atoms with E-state index >= 15 is 0 Å². The molecule has 0 radical (unpaired) electrons. The zero-order valence-electron chi connectivity index (χ0n) is 52.2. The number of allylic oxidation sites excluding steroid dienone is 12. The standard InChI is InChI=1S/C70H125NO8/c1-6-8-10-12-14-16-18-20-22-24-26-28-29-30-31-32-33-34-35-36-37-38-39-41-43-45-47-49-51-53-55-57-59-61-68(73)79-66(65-78-70(69(74)75)76-63-62-71(3,4)5)64-77-67(72)60-58-56-54-52-50-48-46-44-42-40-27-25-23-21-19-17-15-13-11-9-7-2/h8,10,14,16,20,22,25-28,30-31,66,70H,6-7,9,11-13,15,17-19,21,23-24,29,32-65H2,1-5H3/b10-8-,16-14-,22-20-,27-25-,28-26-,31-30-. The number of hydrogen-bond donors (Lipinski definition) is 0. The highest BCUT2D eigenvalue weighted by Crippen LogP contribution is 2.17. The van der Waals surface area contributed by atoms with Gasteiger partial charge in [-0.2, -0.15) is 0 Å². The van der Waals surface area contributed by atoms with Crippen LogP contribution in [0.1, 0.15) is 296 Å². The zero-order chi connectivity index (χ0) is 57.6. The first-order valence-electron chi connectivity index (χ1n) is 33.1. The Balaban J connectivity index is 4.11. The molecule has 2 unspecified atom stereocenters. The van der Waals surface area contributed by atoms with E-state index in [1.165, 1.54) is 199 Å². The summed E-state index contributed by atoms with van der Waals surface area (Å²) in [5.74, 6) is -2.27. The molecular formula is C70H125NO8. The molecule has 0 saturated carbocycles. The first-order valence-corrected chi connectivity index (χ1v) is 33.1. The van der Waals surface area contributed by atoms with Gasteiger partial charge in [-0.1, -0.05) is 273 Å². The van der Waals surface area contributed by atoms with Crippen LogP contribution in [0.15, 0.2) is 72.9 Å². The van der Waals surface area contributed by atoms with Crippen molar-refractivity contribution in [1.82, 2.24) is 0 Å². The van der Waals surface area contributed by atoms with Gasteiger partial charge in [0, 0.05) is 12.8 Å². The molecule has 0 bridgehead atoms. The molecule has 0 aromatic carbocycles. The van der Waals surface area contributed by atoms with Crippen LogP contribution in [0.4, 0.5) is 0 Å². The summed E-state index contributed by atoms with van der Waals surface area (Å²) in [7, 11) is 5.93. The van der Waals surface area contributed by atoms with E-state index in [1.54, 1.807) is 0 Å². The summed E-state index contributed by atoms with van der Waals surface area (Å²) < 4.78 is 22.8. The Hall–Kier alpha value is -3.27. The predicted molar refractivity (Wildman–Crippen MR) is 334 cm³/mol. The molecule has 0 aromatic rings. The quantitative estimate of drug-likeness (QED) is 0.0195. The molecule has 0 aliphatic heterocycles. The Morgan fingerprint density at radius 1 is 0.392 bits per heavy atom. The monoisotopic (exact) mass is 1110 g/mol. The summed E-state index contributed by atoms with van der Waals surface area (Å²) in [6.45, 7) is 4.67. The maximum atomic E-state index is 12.9. The van der Waals surface area contributed by atoms with Crippen molar-refractivity contribution in [2.75, 3.05) is 47.5 Å². The molecule has 0 N–H and O–H groups in total. The fourth-order valence-corrected chi connectivity index (χ4v) is 9.38. The number of carbonyl (C=O) groups excluding carboxylic acids is 3. The molecule has 9 heteroatoms. The minimum absolute atomic E-state index is 0.147. The van der Waals surface area contributed by atoms with Crippen LogP contribution in [-0.2, 0) is 33.3 Å². The topological polar surface area (TPSA) is 111 Å². The number of carbonyl (C=O) groups is 3. The zero-order valence-corrected chi connectivity index (χ0v) is 52.2. The molecule has 9 nitrogen and oxygen atoms in total. The van der Waals surface area contributed by atoms with Gasteiger partial charge in [0.2, 0.25) is 0 Å². The second kappa shape index (κ2) is 60.8. The first-order chi connectivity index (χ1) is 38.6. The van der Waals surface area contributed by atoms with Crippen molar-refractivity contribution in [2.24, 2.45) is 0 Å². The number of esters is 2. The Bertz CT molecular complexity index is 1520. The first kappa shape index (κ1) is 75.7. The molecule has 0 aliphatic rings. The largest absolute Gasteiger partial charge is 0.545 e. The number of carboxylic acids is 1. The highest BCUT2D eigenvalue weighted by Gasteiger charge is 2.22. The number of rotatable bonds is 61. The number of quaternary nitrogens is 1. The smallest absolute Gasteiger partial charge is 0.306 e. The Labute approximate surface area is 487 Å². The molecular weight excluding hydrogens is 983 g/mol. The molecule has 458 valence electrons. The molecule has 0 aromatic heterocycles. The van der Waals surface area contributed by atoms with E-state index in [-0.39, 0.29) is 32.2 Å². The molecule has 0 aliphatic carbocycles. The molecule has 0 saturated heterocycles. The van der Waals surface area contributed by atoms with Gasteiger partial charge in [-0.05, 0) is 83.5 Å². The van der Waals surface area contributed by atoms with Crippen LogP contribution in [0.2, 0.25) is 0 Å². The molecule has 0 heterocycles. The Morgan fingerprint density at radius 2 is 0.722 bits per heavy atom. The van der Waals surface area contributed by atoms with Gasteiger partial charge >= 0.3 is 11.9 Å². The fourth-order valence-electron chi connectivity index (χ4n) is 9.38. The van der Waals surface area contributed by atoms with Crippen molar-refractivity contribution in [3.8, 4) is 0 Å². The third-order valence-electron chi connectivity index (χ3n) is 14.4. The molecule has 0 spiro atoms. The number of carboxylic acid groups (broad SMARTS) is 1. The third kappa shape index (κ3) is 62.2. The van der Waals surface area contributed by atoms with E-state index < -0.39 is 24.3 Å². The van der Waals surface area contributed by atoms with E-state index in [0.29, 0.717) is 23.9 Å². The number of ether oxygens (including phenoxy) is 4. The van der Waals surface area contributed by atoms with Crippen molar-refractivity contribution in [3.63, 3.8) is 0 Å². The van der Waals surface area contributed by atoms with E-state index in [9.17, 15) is 19.5 Å². The normalized spacial score (nSPS) is 13.2. The maximum absolute atomic E-state index is 12.9. The van der Waals surface area contributed by atoms with Gasteiger partial charge in [0.15, 0.2) is 12.4 Å². The van der Waals surface area contributed by atoms with Gasteiger partial charge in [-0.25, -0.2) is 0 Å². The average molecular weight is 1110 g/mol. The summed E-state index contributed by atoms with van der Waals surface area (Å²) in [6, 6.07) is 0. The van der Waals surface area contributed by atoms with Gasteiger partial charge in [-0.3, -0.25) is 9.59 Å². The SMILES string of the molecule is CC/C=C\C/C=C\C/C=C\C/C=C\C/C=C\CCCCCCCCCCCCCCCCCCCC(=O)OC(COC(=O)CCCCCCCCCCC/C=C\CCCCCCCCCC)COC(OCC[N+](C)(C)C)C(=O)[O-]. The second-order valence-corrected chi connectivity index (χ2v) is 23.4. The Kier molecular flexibility index (Phi) is 58.3. The van der Waals surface area contributed by atoms with Gasteiger partial charge in [0.25, 0.3) is 0 Å². The lowest BCUT2D eigenvalue weighted by Gasteiger charge is -2.26. The van der Waals surface area contributed by atoms with Crippen LogP contribution < -0.4 is 5.11 Å². The van der Waals surface area contributed by atoms with Crippen molar-refractivity contribution in [1.29, 1.82) is 0 Å². The van der Waals surface area contributed by atoms with Crippen LogP contribution in [0.25, 0.3) is 0 Å². The number of unbranched alkanes of at least 4 members (excludes halogenated alkanes) is 34.